The molecule has 5 aliphatic rings. The van der Waals surface area contributed by atoms with Gasteiger partial charge in [0.25, 0.3) is 0 Å². The molecule has 0 aromatic rings. The highest BCUT2D eigenvalue weighted by Crippen LogP contribution is 2.37. The Kier molecular flexibility index (Phi) is 9.25. The quantitative estimate of drug-likeness (QED) is 0.257. The average molecular weight is 547 g/mol. The van der Waals surface area contributed by atoms with Gasteiger partial charge in [-0.15, -0.1) is 0 Å². The number of hydrogen-bond acceptors (Lipinski definition) is 3. The smallest absolute Gasteiger partial charge is 0.378 e. The van der Waals surface area contributed by atoms with Gasteiger partial charge in [0.1, 0.15) is 12.3 Å². The molecule has 3 aliphatic heterocycles. The van der Waals surface area contributed by atoms with Gasteiger partial charge in [-0.1, -0.05) is 37.8 Å². The van der Waals surface area contributed by atoms with Crippen LogP contribution in [-0.4, -0.2) is 60.7 Å². The molecule has 7 atom stereocenters. The predicted octanol–water partition coefficient (Wildman–Crippen LogP) is 5.06. The van der Waals surface area contributed by atoms with Crippen LogP contribution in [0.1, 0.15) is 78.1 Å². The Hall–Kier alpha value is -1.63. The molecule has 216 valence electrons. The maximum Gasteiger partial charge on any atom is 0.416 e. The van der Waals surface area contributed by atoms with Gasteiger partial charge in [-0.25, -0.2) is 0 Å². The van der Waals surface area contributed by atoms with Crippen LogP contribution in [0.3, 0.4) is 0 Å². The topological polar surface area (TPSA) is 39.9 Å². The molecule has 2 saturated heterocycles. The SMILES string of the molecule is CC1CCCN(CC2=CCC(NC(O)C3CCC(C)C(=C=C4CC=CC5CCC[NH+]45)C3)C=C2C(F)(F)F)CC1. The molecule has 0 aromatic heterocycles. The Morgan fingerprint density at radius 3 is 2.79 bits per heavy atom. The van der Waals surface area contributed by atoms with Gasteiger partial charge in [0.05, 0.1) is 12.1 Å². The van der Waals surface area contributed by atoms with E-state index in [0.29, 0.717) is 36.4 Å². The third-order valence-electron chi connectivity index (χ3n) is 9.82. The molecule has 0 radical (unpaired) electrons. The fourth-order valence-electron chi connectivity index (χ4n) is 7.31. The van der Waals surface area contributed by atoms with Gasteiger partial charge >= 0.3 is 6.18 Å². The van der Waals surface area contributed by atoms with Crippen molar-refractivity contribution < 1.29 is 23.2 Å². The maximum atomic E-state index is 14.1. The van der Waals surface area contributed by atoms with Gasteiger partial charge in [0.2, 0.25) is 0 Å². The first kappa shape index (κ1) is 28.9. The van der Waals surface area contributed by atoms with Crippen molar-refractivity contribution in [3.63, 3.8) is 0 Å². The summed E-state index contributed by atoms with van der Waals surface area (Å²) in [6, 6.07) is 0.0542. The van der Waals surface area contributed by atoms with Crippen LogP contribution in [0.25, 0.3) is 0 Å². The molecule has 0 amide bonds. The first-order valence-electron chi connectivity index (χ1n) is 15.3. The predicted molar refractivity (Wildman–Crippen MR) is 149 cm³/mol. The van der Waals surface area contributed by atoms with Gasteiger partial charge in [0, 0.05) is 37.8 Å². The third kappa shape index (κ3) is 7.18. The van der Waals surface area contributed by atoms with Crippen molar-refractivity contribution in [1.82, 2.24) is 10.2 Å². The normalized spacial score (nSPS) is 35.1. The van der Waals surface area contributed by atoms with E-state index >= 15 is 0 Å². The Morgan fingerprint density at radius 1 is 1.13 bits per heavy atom. The molecule has 3 fully saturated rings. The van der Waals surface area contributed by atoms with Crippen molar-refractivity contribution in [1.29, 1.82) is 0 Å². The van der Waals surface area contributed by atoms with Crippen LogP contribution in [0.4, 0.5) is 13.2 Å². The van der Waals surface area contributed by atoms with Gasteiger partial charge in [-0.3, -0.25) is 15.1 Å². The summed E-state index contributed by atoms with van der Waals surface area (Å²) in [5, 5.41) is 14.3. The summed E-state index contributed by atoms with van der Waals surface area (Å²) in [6.45, 7) is 7.69. The lowest BCUT2D eigenvalue weighted by Crippen LogP contribution is -3.12. The van der Waals surface area contributed by atoms with Crippen molar-refractivity contribution in [2.75, 3.05) is 26.2 Å². The molecular weight excluding hydrogens is 499 g/mol. The van der Waals surface area contributed by atoms with Crippen LogP contribution >= 0.6 is 0 Å². The van der Waals surface area contributed by atoms with Gasteiger partial charge in [-0.05, 0) is 87.1 Å². The highest BCUT2D eigenvalue weighted by atomic mass is 19.4. The van der Waals surface area contributed by atoms with Crippen molar-refractivity contribution in [3.05, 3.63) is 52.5 Å². The zero-order chi connectivity index (χ0) is 27.6. The molecule has 2 aliphatic carbocycles. The molecule has 0 aromatic carbocycles. The van der Waals surface area contributed by atoms with E-state index in [9.17, 15) is 18.3 Å². The fraction of sp³-hybridized carbons (Fsp3) is 0.719. The number of hydrogen-bond donors (Lipinski definition) is 3. The number of alkyl halides is 3. The lowest BCUT2D eigenvalue weighted by Gasteiger charge is -2.34. The van der Waals surface area contributed by atoms with Crippen LogP contribution in [0, 0.1) is 17.8 Å². The summed E-state index contributed by atoms with van der Waals surface area (Å²) in [5.41, 5.74) is 6.23. The van der Waals surface area contributed by atoms with Gasteiger partial charge in [0.15, 0.2) is 5.70 Å². The number of fused-ring (bicyclic) bond motifs is 1. The van der Waals surface area contributed by atoms with E-state index in [1.165, 1.54) is 30.2 Å². The lowest BCUT2D eigenvalue weighted by molar-refractivity contribution is -0.868. The molecule has 0 spiro atoms. The number of aliphatic hydroxyl groups is 1. The standard InChI is InChI=1S/C32H46F3N3O/c1-22-6-4-15-37(17-14-22)21-25-12-13-27(20-30(25)32(33,34)35)36-31(39)24-11-10-23(2)26(18-24)19-29-8-3-7-28-9-5-16-38(28)29/h3,7,12,20,22-24,27-28,31,36,39H,4-6,8-11,13-18,21H2,1-2H3/p+1. The van der Waals surface area contributed by atoms with E-state index in [-0.39, 0.29) is 5.92 Å². The molecule has 7 unspecified atom stereocenters. The average Bonchev–Trinajstić information content (AvgIpc) is 3.29. The molecule has 7 heteroatoms. The minimum Gasteiger partial charge on any atom is -0.378 e. The fourth-order valence-corrected chi connectivity index (χ4v) is 7.31. The van der Waals surface area contributed by atoms with Crippen LogP contribution in [0.5, 0.6) is 0 Å². The number of rotatable bonds is 5. The first-order valence-corrected chi connectivity index (χ1v) is 15.3. The summed E-state index contributed by atoms with van der Waals surface area (Å²) in [5.74, 6) is 1.04. The largest absolute Gasteiger partial charge is 0.416 e. The number of halogens is 3. The number of allylic oxidation sites excluding steroid dienone is 1. The number of likely N-dealkylation sites (tertiary alicyclic amines) is 1. The van der Waals surface area contributed by atoms with Gasteiger partial charge < -0.3 is 5.11 Å². The van der Waals surface area contributed by atoms with Crippen molar-refractivity contribution in [2.45, 2.75) is 103 Å². The minimum absolute atomic E-state index is 0.0139. The lowest BCUT2D eigenvalue weighted by atomic mass is 9.78. The molecule has 39 heavy (non-hydrogen) atoms. The highest BCUT2D eigenvalue weighted by molar-refractivity contribution is 5.40. The van der Waals surface area contributed by atoms with E-state index in [0.717, 1.165) is 64.6 Å². The van der Waals surface area contributed by atoms with E-state index in [4.69, 9.17) is 0 Å². The van der Waals surface area contributed by atoms with E-state index in [2.05, 4.69) is 41.9 Å². The summed E-state index contributed by atoms with van der Waals surface area (Å²) in [6.07, 6.45) is 12.2. The van der Waals surface area contributed by atoms with E-state index in [1.807, 2.05) is 0 Å². The Balaban J connectivity index is 1.24. The number of aliphatic hydroxyl groups excluding tert-OH is 1. The summed E-state index contributed by atoms with van der Waals surface area (Å²) >= 11 is 0. The maximum absolute atomic E-state index is 14.1. The highest BCUT2D eigenvalue weighted by Gasteiger charge is 2.39. The molecule has 1 saturated carbocycles. The summed E-state index contributed by atoms with van der Waals surface area (Å²) in [7, 11) is 0. The van der Waals surface area contributed by atoms with Gasteiger partial charge in [-0.2, -0.15) is 13.2 Å². The summed E-state index contributed by atoms with van der Waals surface area (Å²) in [4.78, 5) is 3.72. The second-order valence-electron chi connectivity index (χ2n) is 12.8. The molecule has 3 heterocycles. The van der Waals surface area contributed by atoms with E-state index in [1.54, 1.807) is 11.0 Å². The second-order valence-corrected chi connectivity index (χ2v) is 12.8. The molecule has 0 bridgehead atoms. The summed E-state index contributed by atoms with van der Waals surface area (Å²) < 4.78 is 42.4. The van der Waals surface area contributed by atoms with Crippen molar-refractivity contribution in [2.24, 2.45) is 17.8 Å². The zero-order valence-electron chi connectivity index (χ0n) is 23.7. The van der Waals surface area contributed by atoms with E-state index < -0.39 is 24.0 Å². The number of nitrogens with zero attached hydrogens (tertiary/aromatic N) is 1. The number of nitrogens with one attached hydrogen (secondary N) is 2. The molecule has 3 N–H and O–H groups in total. The molecule has 5 rings (SSSR count). The van der Waals surface area contributed by atoms with Crippen molar-refractivity contribution in [3.8, 4) is 0 Å². The van der Waals surface area contributed by atoms with Crippen molar-refractivity contribution >= 4 is 0 Å². The Morgan fingerprint density at radius 2 is 1.97 bits per heavy atom. The second kappa shape index (κ2) is 12.5. The number of quaternary nitrogens is 1. The molecule has 4 nitrogen and oxygen atoms in total. The third-order valence-corrected chi connectivity index (χ3v) is 9.82. The minimum atomic E-state index is -4.40. The first-order chi connectivity index (χ1) is 18.7. The zero-order valence-corrected chi connectivity index (χ0v) is 23.7. The Bertz CT molecular complexity index is 1040. The monoisotopic (exact) mass is 546 g/mol. The van der Waals surface area contributed by atoms with Crippen LogP contribution in [0.15, 0.2) is 52.5 Å². The van der Waals surface area contributed by atoms with Crippen LogP contribution in [0.2, 0.25) is 0 Å². The van der Waals surface area contributed by atoms with Crippen LogP contribution < -0.4 is 10.2 Å². The Labute approximate surface area is 232 Å². The van der Waals surface area contributed by atoms with Crippen LogP contribution in [-0.2, 0) is 0 Å². The molecular formula is C32H47F3N3O+.